The number of nitrogens with zero attached hydrogens (tertiary/aromatic N) is 3. The summed E-state index contributed by atoms with van der Waals surface area (Å²) in [6.45, 7) is -0.634. The van der Waals surface area contributed by atoms with E-state index in [0.29, 0.717) is 33.5 Å². The van der Waals surface area contributed by atoms with Crippen molar-refractivity contribution in [2.24, 2.45) is 5.10 Å². The average molecular weight is 800 g/mol. The minimum Gasteiger partial charge on any atom is -0.493 e. The summed E-state index contributed by atoms with van der Waals surface area (Å²) in [7, 11) is -5.32. The monoisotopic (exact) mass is 798 g/mol. The molecule has 4 aromatic carbocycles. The normalized spacial score (nSPS) is 12.0. The smallest absolute Gasteiger partial charge is 0.255 e. The fourth-order valence-corrected chi connectivity index (χ4v) is 8.23. The van der Waals surface area contributed by atoms with Gasteiger partial charge in [-0.1, -0.05) is 65.7 Å². The van der Waals surface area contributed by atoms with E-state index in [1.807, 2.05) is 30.3 Å². The summed E-state index contributed by atoms with van der Waals surface area (Å²) in [5.74, 6) is 0.396. The molecule has 5 aromatic rings. The van der Waals surface area contributed by atoms with Crippen LogP contribution in [-0.4, -0.2) is 64.9 Å². The highest BCUT2D eigenvalue weighted by Crippen LogP contribution is 2.31. The van der Waals surface area contributed by atoms with Crippen molar-refractivity contribution in [1.29, 1.82) is 0 Å². The Kier molecular flexibility index (Phi) is 13.3. The van der Waals surface area contributed by atoms with Crippen molar-refractivity contribution in [3.8, 4) is 11.5 Å². The number of hydrogen-bond acceptors (Lipinski definition) is 9. The summed E-state index contributed by atoms with van der Waals surface area (Å²) in [5, 5.41) is 4.87. The van der Waals surface area contributed by atoms with Crippen LogP contribution in [-0.2, 0) is 44.4 Å². The van der Waals surface area contributed by atoms with Crippen LogP contribution in [0.25, 0.3) is 0 Å². The summed E-state index contributed by atoms with van der Waals surface area (Å²) in [6, 6.07) is 29.3. The number of hydrazone groups is 1. The number of carbonyl (C=O) groups is 1. The van der Waals surface area contributed by atoms with Gasteiger partial charge in [-0.3, -0.25) is 4.79 Å². The summed E-state index contributed by atoms with van der Waals surface area (Å²) >= 11 is 12.0. The number of hydrogen-bond donors (Lipinski definition) is 1. The lowest BCUT2D eigenvalue weighted by Crippen LogP contribution is -2.40. The Labute approximate surface area is 318 Å². The Balaban J connectivity index is 1.29. The molecule has 0 radical (unpaired) electrons. The number of methoxy groups -OCH3 is 2. The SMILES string of the molecule is COc1ccc(S(=O)(=O)N(CCc2ccccc2)CC(=O)N/N=C\c2ccc(CN(Cc3ccc(Cl)cc3)S(=O)(=O)c3ccc(Cl)cc3)o2)cc1OC. The molecule has 53 heavy (non-hydrogen) atoms. The van der Waals surface area contributed by atoms with Crippen molar-refractivity contribution in [2.45, 2.75) is 29.3 Å². The van der Waals surface area contributed by atoms with E-state index in [2.05, 4.69) is 10.5 Å². The zero-order chi connectivity index (χ0) is 38.0. The molecule has 1 amide bonds. The van der Waals surface area contributed by atoms with E-state index in [1.54, 1.807) is 36.4 Å². The molecule has 0 spiro atoms. The standard InChI is InChI=1S/C37H36Cl2N4O8S2/c1-49-35-19-18-34(22-36(35)50-2)53(47,48)42(21-20-27-6-4-3-5-7-27)26-37(44)41-40-23-31-14-15-32(51-31)25-43(24-28-8-10-29(38)11-9-28)52(45,46)33-16-12-30(39)13-17-33/h3-19,22-23H,20-21,24-26H2,1-2H3,(H,41,44)/b40-23-. The minimum atomic E-state index is -4.17. The van der Waals surface area contributed by atoms with Gasteiger partial charge in [0, 0.05) is 29.2 Å². The van der Waals surface area contributed by atoms with E-state index < -0.39 is 32.5 Å². The van der Waals surface area contributed by atoms with Crippen molar-refractivity contribution < 1.29 is 35.5 Å². The maximum absolute atomic E-state index is 13.8. The number of rotatable bonds is 17. The van der Waals surface area contributed by atoms with E-state index in [4.69, 9.17) is 37.1 Å². The Morgan fingerprint density at radius 1 is 0.736 bits per heavy atom. The lowest BCUT2D eigenvalue weighted by molar-refractivity contribution is -0.121. The third kappa shape index (κ3) is 10.5. The Morgan fingerprint density at radius 2 is 1.36 bits per heavy atom. The summed E-state index contributed by atoms with van der Waals surface area (Å²) in [4.78, 5) is 13.0. The number of amides is 1. The fraction of sp³-hybridized carbons (Fsp3) is 0.189. The Bertz CT molecular complexity index is 2250. The second-order valence-corrected chi connectivity index (χ2v) is 16.3. The molecular formula is C37H36Cl2N4O8S2. The lowest BCUT2D eigenvalue weighted by atomic mass is 10.1. The maximum Gasteiger partial charge on any atom is 0.255 e. The number of benzene rings is 4. The minimum absolute atomic E-state index is 0.00478. The number of furan rings is 1. The highest BCUT2D eigenvalue weighted by Gasteiger charge is 2.28. The van der Waals surface area contributed by atoms with Gasteiger partial charge in [-0.25, -0.2) is 22.3 Å². The molecule has 0 aliphatic heterocycles. The number of sulfonamides is 2. The first-order valence-corrected chi connectivity index (χ1v) is 19.7. The summed E-state index contributed by atoms with van der Waals surface area (Å²) < 4.78 is 73.7. The summed E-state index contributed by atoms with van der Waals surface area (Å²) in [6.07, 6.45) is 1.58. The first-order valence-electron chi connectivity index (χ1n) is 16.1. The molecule has 0 atom stereocenters. The predicted octanol–water partition coefficient (Wildman–Crippen LogP) is 6.38. The molecule has 0 bridgehead atoms. The molecule has 0 aliphatic rings. The van der Waals surface area contributed by atoms with Gasteiger partial charge in [-0.2, -0.15) is 13.7 Å². The van der Waals surface area contributed by atoms with E-state index in [0.717, 1.165) is 9.87 Å². The molecule has 0 aliphatic carbocycles. The van der Waals surface area contributed by atoms with Crippen LogP contribution in [0, 0.1) is 0 Å². The average Bonchev–Trinajstić information content (AvgIpc) is 3.61. The molecule has 1 aromatic heterocycles. The van der Waals surface area contributed by atoms with Crippen molar-refractivity contribution in [3.05, 3.63) is 142 Å². The highest BCUT2D eigenvalue weighted by atomic mass is 35.5. The van der Waals surface area contributed by atoms with Gasteiger partial charge in [-0.05, 0) is 78.2 Å². The molecule has 12 nitrogen and oxygen atoms in total. The molecule has 0 unspecified atom stereocenters. The number of halogens is 2. The molecule has 0 saturated carbocycles. The Hall–Kier alpha value is -4.70. The van der Waals surface area contributed by atoms with E-state index in [-0.39, 0.29) is 40.9 Å². The van der Waals surface area contributed by atoms with Gasteiger partial charge >= 0.3 is 0 Å². The number of ether oxygens (including phenoxy) is 2. The second kappa shape index (κ2) is 17.9. The van der Waals surface area contributed by atoms with E-state index in [1.165, 1.54) is 67.2 Å². The maximum atomic E-state index is 13.8. The van der Waals surface area contributed by atoms with Crippen molar-refractivity contribution in [2.75, 3.05) is 27.3 Å². The first kappa shape index (κ1) is 39.5. The van der Waals surface area contributed by atoms with Gasteiger partial charge in [0.1, 0.15) is 11.5 Å². The van der Waals surface area contributed by atoms with Gasteiger partial charge in [0.15, 0.2) is 11.5 Å². The predicted molar refractivity (Wildman–Crippen MR) is 202 cm³/mol. The molecule has 5 rings (SSSR count). The molecule has 0 saturated heterocycles. The van der Waals surface area contributed by atoms with Crippen molar-refractivity contribution in [3.63, 3.8) is 0 Å². The quantitative estimate of drug-likeness (QED) is 0.0843. The van der Waals surface area contributed by atoms with Crippen LogP contribution in [0.5, 0.6) is 11.5 Å². The third-order valence-electron chi connectivity index (χ3n) is 7.92. The largest absolute Gasteiger partial charge is 0.493 e. The van der Waals surface area contributed by atoms with Crippen LogP contribution in [0.3, 0.4) is 0 Å². The van der Waals surface area contributed by atoms with Crippen LogP contribution in [0.4, 0.5) is 0 Å². The van der Waals surface area contributed by atoms with Crippen LogP contribution in [0.1, 0.15) is 22.6 Å². The first-order chi connectivity index (χ1) is 25.4. The Morgan fingerprint density at radius 3 is 2.02 bits per heavy atom. The highest BCUT2D eigenvalue weighted by molar-refractivity contribution is 7.89. The molecular weight excluding hydrogens is 763 g/mol. The molecule has 0 fully saturated rings. The summed E-state index contributed by atoms with van der Waals surface area (Å²) in [5.41, 5.74) is 3.94. The molecule has 16 heteroatoms. The number of nitrogens with one attached hydrogen (secondary N) is 1. The van der Waals surface area contributed by atoms with E-state index in [9.17, 15) is 21.6 Å². The van der Waals surface area contributed by atoms with E-state index >= 15 is 0 Å². The molecule has 1 N–H and O–H groups in total. The molecule has 1 heterocycles. The van der Waals surface area contributed by atoms with Crippen LogP contribution in [0.2, 0.25) is 10.0 Å². The van der Waals surface area contributed by atoms with Crippen molar-refractivity contribution >= 4 is 55.4 Å². The fourth-order valence-electron chi connectivity index (χ4n) is 5.17. The van der Waals surface area contributed by atoms with Gasteiger partial charge in [0.05, 0.1) is 43.3 Å². The second-order valence-electron chi connectivity index (χ2n) is 11.5. The zero-order valence-electron chi connectivity index (χ0n) is 28.7. The van der Waals surface area contributed by atoms with Crippen LogP contribution < -0.4 is 14.9 Å². The van der Waals surface area contributed by atoms with Gasteiger partial charge in [0.2, 0.25) is 20.0 Å². The van der Waals surface area contributed by atoms with Gasteiger partial charge < -0.3 is 13.9 Å². The third-order valence-corrected chi connectivity index (χ3v) is 12.1. The topological polar surface area (TPSA) is 148 Å². The van der Waals surface area contributed by atoms with Crippen LogP contribution in [0.15, 0.2) is 129 Å². The van der Waals surface area contributed by atoms with Gasteiger partial charge in [0.25, 0.3) is 5.91 Å². The molecule has 278 valence electrons. The van der Waals surface area contributed by atoms with Crippen LogP contribution >= 0.6 is 23.2 Å². The zero-order valence-corrected chi connectivity index (χ0v) is 31.8. The van der Waals surface area contributed by atoms with Crippen molar-refractivity contribution in [1.82, 2.24) is 14.0 Å². The lowest BCUT2D eigenvalue weighted by Gasteiger charge is -2.22. The number of carbonyl (C=O) groups excluding carboxylic acids is 1. The van der Waals surface area contributed by atoms with Gasteiger partial charge in [-0.15, -0.1) is 0 Å².